The van der Waals surface area contributed by atoms with Crippen LogP contribution >= 0.6 is 0 Å². The molecule has 0 fully saturated rings. The van der Waals surface area contributed by atoms with Crippen LogP contribution in [-0.2, 0) is 10.2 Å². The molecule has 0 aliphatic heterocycles. The van der Waals surface area contributed by atoms with E-state index in [1.165, 1.54) is 0 Å². The first-order chi connectivity index (χ1) is 6.66. The van der Waals surface area contributed by atoms with E-state index in [0.29, 0.717) is 5.56 Å². The van der Waals surface area contributed by atoms with E-state index in [1.807, 2.05) is 26.0 Å². The normalized spacial score (nSPS) is 14.1. The topological polar surface area (TPSA) is 40.9 Å². The average molecular weight is 187 g/mol. The van der Waals surface area contributed by atoms with E-state index in [9.17, 15) is 4.79 Å². The predicted molar refractivity (Wildman–Crippen MR) is 54.9 cm³/mol. The summed E-state index contributed by atoms with van der Waals surface area (Å²) in [6, 6.07) is 9.23. The van der Waals surface area contributed by atoms with E-state index >= 15 is 0 Å². The highest BCUT2D eigenvalue weighted by atomic mass is 16.1. The van der Waals surface area contributed by atoms with Crippen LogP contribution in [0.25, 0.3) is 0 Å². The molecule has 2 nitrogen and oxygen atoms in total. The number of hydrogen-bond acceptors (Lipinski definition) is 2. The average Bonchev–Trinajstić information content (AvgIpc) is 2.28. The van der Waals surface area contributed by atoms with E-state index in [-0.39, 0.29) is 0 Å². The second-order valence-electron chi connectivity index (χ2n) is 3.58. The summed E-state index contributed by atoms with van der Waals surface area (Å²) in [6.07, 6.45) is 1.73. The van der Waals surface area contributed by atoms with Gasteiger partial charge in [-0.15, -0.1) is 0 Å². The van der Waals surface area contributed by atoms with Gasteiger partial charge in [-0.25, -0.2) is 0 Å². The third-order valence-electron chi connectivity index (χ3n) is 2.67. The summed E-state index contributed by atoms with van der Waals surface area (Å²) in [6.45, 7) is 3.88. The standard InChI is InChI=1S/C12H13NO/c1-3-12(2,9-14)11-6-4-10(8-13)5-7-11/h4-7,9H,3H2,1-2H3/t12-/m1/s1. The van der Waals surface area contributed by atoms with Crippen molar-refractivity contribution in [3.05, 3.63) is 35.4 Å². The highest BCUT2D eigenvalue weighted by Gasteiger charge is 2.23. The molecule has 0 spiro atoms. The largest absolute Gasteiger partial charge is 0.302 e. The molecular formula is C12H13NO. The molecule has 14 heavy (non-hydrogen) atoms. The van der Waals surface area contributed by atoms with Gasteiger partial charge in [-0.2, -0.15) is 5.26 Å². The van der Waals surface area contributed by atoms with Gasteiger partial charge < -0.3 is 4.79 Å². The number of aldehydes is 1. The van der Waals surface area contributed by atoms with E-state index in [4.69, 9.17) is 5.26 Å². The van der Waals surface area contributed by atoms with Crippen molar-refractivity contribution in [1.82, 2.24) is 0 Å². The maximum Gasteiger partial charge on any atom is 0.130 e. The molecular weight excluding hydrogens is 174 g/mol. The van der Waals surface area contributed by atoms with Crippen LogP contribution in [0.4, 0.5) is 0 Å². The van der Waals surface area contributed by atoms with E-state index in [1.54, 1.807) is 12.1 Å². The van der Waals surface area contributed by atoms with Gasteiger partial charge in [0.2, 0.25) is 0 Å². The lowest BCUT2D eigenvalue weighted by molar-refractivity contribution is -0.112. The summed E-state index contributed by atoms with van der Waals surface area (Å²) in [4.78, 5) is 10.9. The fourth-order valence-electron chi connectivity index (χ4n) is 1.28. The van der Waals surface area contributed by atoms with E-state index in [2.05, 4.69) is 6.07 Å². The first-order valence-corrected chi connectivity index (χ1v) is 4.63. The van der Waals surface area contributed by atoms with Crippen molar-refractivity contribution >= 4 is 6.29 Å². The molecule has 0 amide bonds. The summed E-state index contributed by atoms with van der Waals surface area (Å²) in [5.41, 5.74) is 1.17. The minimum Gasteiger partial charge on any atom is -0.302 e. The Morgan fingerprint density at radius 2 is 2.00 bits per heavy atom. The Balaban J connectivity index is 3.08. The Morgan fingerprint density at radius 1 is 1.43 bits per heavy atom. The summed E-state index contributed by atoms with van der Waals surface area (Å²) in [7, 11) is 0. The van der Waals surface area contributed by atoms with Gasteiger partial charge in [-0.05, 0) is 31.0 Å². The molecule has 1 aromatic carbocycles. The summed E-state index contributed by atoms with van der Waals surface area (Å²) in [5, 5.41) is 8.63. The molecule has 0 N–H and O–H groups in total. The van der Waals surface area contributed by atoms with Gasteiger partial charge >= 0.3 is 0 Å². The third kappa shape index (κ3) is 1.82. The van der Waals surface area contributed by atoms with Crippen LogP contribution in [0.3, 0.4) is 0 Å². The molecule has 0 unspecified atom stereocenters. The molecule has 0 aliphatic carbocycles. The van der Waals surface area contributed by atoms with Crippen LogP contribution in [0.1, 0.15) is 31.4 Å². The van der Waals surface area contributed by atoms with E-state index < -0.39 is 5.41 Å². The summed E-state index contributed by atoms with van der Waals surface area (Å²) >= 11 is 0. The van der Waals surface area contributed by atoms with Gasteiger partial charge in [-0.1, -0.05) is 19.1 Å². The number of benzene rings is 1. The Hall–Kier alpha value is -1.62. The maximum atomic E-state index is 10.9. The number of hydrogen-bond donors (Lipinski definition) is 0. The van der Waals surface area contributed by atoms with Gasteiger partial charge in [0.25, 0.3) is 0 Å². The highest BCUT2D eigenvalue weighted by molar-refractivity contribution is 5.67. The van der Waals surface area contributed by atoms with Crippen molar-refractivity contribution in [2.75, 3.05) is 0 Å². The number of nitriles is 1. The minimum absolute atomic E-state index is 0.423. The summed E-state index contributed by atoms with van der Waals surface area (Å²) < 4.78 is 0. The Kier molecular flexibility index (Phi) is 3.03. The Bertz CT molecular complexity index is 361. The molecule has 1 atom stereocenters. The zero-order valence-electron chi connectivity index (χ0n) is 8.45. The van der Waals surface area contributed by atoms with Crippen LogP contribution in [-0.4, -0.2) is 6.29 Å². The van der Waals surface area contributed by atoms with Crippen LogP contribution in [0.5, 0.6) is 0 Å². The number of carbonyl (C=O) groups is 1. The van der Waals surface area contributed by atoms with Crippen molar-refractivity contribution in [2.24, 2.45) is 0 Å². The molecule has 2 heteroatoms. The van der Waals surface area contributed by atoms with Gasteiger partial charge in [0.1, 0.15) is 6.29 Å². The minimum atomic E-state index is -0.423. The smallest absolute Gasteiger partial charge is 0.130 e. The Labute approximate surface area is 84.2 Å². The monoisotopic (exact) mass is 187 g/mol. The van der Waals surface area contributed by atoms with Crippen LogP contribution in [0.2, 0.25) is 0 Å². The number of carbonyl (C=O) groups excluding carboxylic acids is 1. The molecule has 0 aromatic heterocycles. The second-order valence-corrected chi connectivity index (χ2v) is 3.58. The molecule has 0 saturated heterocycles. The first kappa shape index (κ1) is 10.5. The lowest BCUT2D eigenvalue weighted by Crippen LogP contribution is -2.22. The highest BCUT2D eigenvalue weighted by Crippen LogP contribution is 2.24. The number of nitrogens with zero attached hydrogens (tertiary/aromatic N) is 1. The predicted octanol–water partition coefficient (Wildman–Crippen LogP) is 2.42. The molecule has 0 radical (unpaired) electrons. The lowest BCUT2D eigenvalue weighted by Gasteiger charge is -2.21. The first-order valence-electron chi connectivity index (χ1n) is 4.63. The van der Waals surface area contributed by atoms with E-state index in [0.717, 1.165) is 18.3 Å². The maximum absolute atomic E-state index is 10.9. The molecule has 0 bridgehead atoms. The summed E-state index contributed by atoms with van der Waals surface area (Å²) in [5.74, 6) is 0. The molecule has 0 heterocycles. The van der Waals surface area contributed by atoms with Crippen molar-refractivity contribution in [3.63, 3.8) is 0 Å². The zero-order chi connectivity index (χ0) is 10.6. The molecule has 1 aromatic rings. The fourth-order valence-corrected chi connectivity index (χ4v) is 1.28. The number of rotatable bonds is 3. The van der Waals surface area contributed by atoms with Crippen molar-refractivity contribution in [1.29, 1.82) is 5.26 Å². The van der Waals surface area contributed by atoms with Crippen LogP contribution in [0, 0.1) is 11.3 Å². The molecule has 72 valence electrons. The molecule has 0 aliphatic rings. The van der Waals surface area contributed by atoms with Crippen molar-refractivity contribution < 1.29 is 4.79 Å². The quantitative estimate of drug-likeness (QED) is 0.682. The van der Waals surface area contributed by atoms with Gasteiger partial charge in [0.15, 0.2) is 0 Å². The van der Waals surface area contributed by atoms with Gasteiger partial charge in [-0.3, -0.25) is 0 Å². The van der Waals surface area contributed by atoms with Crippen LogP contribution < -0.4 is 0 Å². The lowest BCUT2D eigenvalue weighted by atomic mass is 9.81. The molecule has 1 rings (SSSR count). The molecule has 0 saturated carbocycles. The zero-order valence-corrected chi connectivity index (χ0v) is 8.45. The van der Waals surface area contributed by atoms with Crippen molar-refractivity contribution in [2.45, 2.75) is 25.7 Å². The van der Waals surface area contributed by atoms with Gasteiger partial charge in [0.05, 0.1) is 11.6 Å². The van der Waals surface area contributed by atoms with Crippen LogP contribution in [0.15, 0.2) is 24.3 Å². The van der Waals surface area contributed by atoms with Gasteiger partial charge in [0, 0.05) is 5.41 Å². The fraction of sp³-hybridized carbons (Fsp3) is 0.333. The SMILES string of the molecule is CC[C@](C)(C=O)c1ccc(C#N)cc1. The second kappa shape index (κ2) is 4.06. The Morgan fingerprint density at radius 3 is 2.36 bits per heavy atom. The third-order valence-corrected chi connectivity index (χ3v) is 2.67. The van der Waals surface area contributed by atoms with Crippen molar-refractivity contribution in [3.8, 4) is 6.07 Å².